The molecule has 1 aliphatic rings. The van der Waals surface area contributed by atoms with Gasteiger partial charge in [-0.2, -0.15) is 0 Å². The first-order valence-corrected chi connectivity index (χ1v) is 9.98. The van der Waals surface area contributed by atoms with Gasteiger partial charge >= 0.3 is 0 Å². The van der Waals surface area contributed by atoms with Crippen LogP contribution in [0, 0.1) is 27.7 Å². The molecule has 0 nitrogen and oxygen atoms in total. The molecule has 136 valence electrons. The number of rotatable bonds is 0. The zero-order valence-electron chi connectivity index (χ0n) is 16.9. The summed E-state index contributed by atoms with van der Waals surface area (Å²) in [5.41, 5.74) is 16.1. The zero-order valence-corrected chi connectivity index (χ0v) is 16.9. The van der Waals surface area contributed by atoms with Crippen molar-refractivity contribution >= 4 is 0 Å². The maximum atomic E-state index is 2.29. The van der Waals surface area contributed by atoms with Crippen LogP contribution in [0.2, 0.25) is 0 Å². The fourth-order valence-corrected chi connectivity index (χ4v) is 4.85. The highest BCUT2D eigenvalue weighted by Crippen LogP contribution is 2.51. The molecular formula is C28H24. The molecule has 0 N–H and O–H groups in total. The van der Waals surface area contributed by atoms with Crippen molar-refractivity contribution in [2.75, 3.05) is 0 Å². The van der Waals surface area contributed by atoms with E-state index in [0.29, 0.717) is 0 Å². The quantitative estimate of drug-likeness (QED) is 0.263. The maximum absolute atomic E-state index is 2.29. The number of fused-ring (bicyclic) bond motifs is 8. The van der Waals surface area contributed by atoms with Crippen LogP contribution in [0.5, 0.6) is 0 Å². The minimum atomic E-state index is 1.33. The van der Waals surface area contributed by atoms with Crippen molar-refractivity contribution in [1.29, 1.82) is 0 Å². The van der Waals surface area contributed by atoms with Crippen LogP contribution >= 0.6 is 0 Å². The minimum Gasteiger partial charge on any atom is -0.0616 e. The molecular weight excluding hydrogens is 336 g/mol. The smallest absolute Gasteiger partial charge is 0.00670 e. The molecule has 4 aromatic rings. The highest BCUT2D eigenvalue weighted by molar-refractivity contribution is 6.05. The Morgan fingerprint density at radius 1 is 0.321 bits per heavy atom. The number of hydrogen-bond donors (Lipinski definition) is 0. The highest BCUT2D eigenvalue weighted by Gasteiger charge is 2.25. The van der Waals surface area contributed by atoms with Crippen LogP contribution in [-0.2, 0) is 0 Å². The second-order valence-electron chi connectivity index (χ2n) is 7.99. The van der Waals surface area contributed by atoms with Gasteiger partial charge < -0.3 is 0 Å². The normalized spacial score (nSPS) is 11.6. The van der Waals surface area contributed by atoms with Crippen LogP contribution in [0.25, 0.3) is 44.5 Å². The van der Waals surface area contributed by atoms with Gasteiger partial charge in [0.05, 0.1) is 0 Å². The average Bonchev–Trinajstić information content (AvgIpc) is 2.70. The molecule has 1 aliphatic carbocycles. The zero-order chi connectivity index (χ0) is 19.4. The number of benzene rings is 4. The van der Waals surface area contributed by atoms with Crippen LogP contribution in [0.1, 0.15) is 22.3 Å². The van der Waals surface area contributed by atoms with Crippen molar-refractivity contribution in [3.8, 4) is 44.5 Å². The van der Waals surface area contributed by atoms with Gasteiger partial charge in [-0.1, -0.05) is 72.8 Å². The summed E-state index contributed by atoms with van der Waals surface area (Å²) in [6.07, 6.45) is 0. The Bertz CT molecular complexity index is 1050. The third kappa shape index (κ3) is 2.31. The van der Waals surface area contributed by atoms with E-state index in [2.05, 4.69) is 100 Å². The van der Waals surface area contributed by atoms with Crippen LogP contribution in [0.4, 0.5) is 0 Å². The molecule has 0 spiro atoms. The summed E-state index contributed by atoms with van der Waals surface area (Å²) in [6.45, 7) is 8.96. The van der Waals surface area contributed by atoms with Gasteiger partial charge in [-0.25, -0.2) is 0 Å². The van der Waals surface area contributed by atoms with Gasteiger partial charge in [0.1, 0.15) is 0 Å². The summed E-state index contributed by atoms with van der Waals surface area (Å²) in [5, 5.41) is 0. The Balaban J connectivity index is 2.09. The molecule has 0 radical (unpaired) electrons. The van der Waals surface area contributed by atoms with Crippen molar-refractivity contribution in [2.45, 2.75) is 27.7 Å². The summed E-state index contributed by atoms with van der Waals surface area (Å²) >= 11 is 0. The SMILES string of the molecule is Cc1ccc(C)c2c1-c1ccccc1-c1c(C)ccc(C)c1-c1ccccc1-2. The van der Waals surface area contributed by atoms with Gasteiger partial charge in [0.2, 0.25) is 0 Å². The predicted octanol–water partition coefficient (Wildman–Crippen LogP) is 7.90. The number of aryl methyl sites for hydroxylation is 4. The van der Waals surface area contributed by atoms with E-state index in [-0.39, 0.29) is 0 Å². The van der Waals surface area contributed by atoms with E-state index in [1.165, 1.54) is 66.8 Å². The first kappa shape index (κ1) is 17.0. The lowest BCUT2D eigenvalue weighted by molar-refractivity contribution is 1.35. The third-order valence-electron chi connectivity index (χ3n) is 6.18. The van der Waals surface area contributed by atoms with Gasteiger partial charge in [0.15, 0.2) is 0 Å². The summed E-state index contributed by atoms with van der Waals surface area (Å²) in [7, 11) is 0. The van der Waals surface area contributed by atoms with E-state index in [4.69, 9.17) is 0 Å². The molecule has 0 unspecified atom stereocenters. The fraction of sp³-hybridized carbons (Fsp3) is 0.143. The predicted molar refractivity (Wildman–Crippen MR) is 121 cm³/mol. The van der Waals surface area contributed by atoms with Crippen LogP contribution in [-0.4, -0.2) is 0 Å². The first-order valence-electron chi connectivity index (χ1n) is 9.98. The van der Waals surface area contributed by atoms with Crippen molar-refractivity contribution in [3.05, 3.63) is 95.1 Å². The van der Waals surface area contributed by atoms with Crippen LogP contribution < -0.4 is 0 Å². The minimum absolute atomic E-state index is 1.33. The summed E-state index contributed by atoms with van der Waals surface area (Å²) in [5.74, 6) is 0. The topological polar surface area (TPSA) is 0 Å². The molecule has 0 aromatic heterocycles. The Kier molecular flexibility index (Phi) is 3.77. The third-order valence-corrected chi connectivity index (χ3v) is 6.18. The molecule has 0 saturated carbocycles. The Morgan fingerprint density at radius 3 is 0.750 bits per heavy atom. The van der Waals surface area contributed by atoms with Crippen molar-refractivity contribution < 1.29 is 0 Å². The first-order chi connectivity index (χ1) is 13.6. The van der Waals surface area contributed by atoms with Crippen molar-refractivity contribution in [1.82, 2.24) is 0 Å². The Morgan fingerprint density at radius 2 is 0.536 bits per heavy atom. The lowest BCUT2D eigenvalue weighted by atomic mass is 9.76. The molecule has 0 heterocycles. The molecule has 4 aromatic carbocycles. The molecule has 0 fully saturated rings. The summed E-state index contributed by atoms with van der Waals surface area (Å²) in [6, 6.07) is 26.9. The van der Waals surface area contributed by atoms with E-state index < -0.39 is 0 Å². The molecule has 0 heteroatoms. The Hall–Kier alpha value is -3.12. The van der Waals surface area contributed by atoms with E-state index >= 15 is 0 Å². The summed E-state index contributed by atoms with van der Waals surface area (Å²) in [4.78, 5) is 0. The van der Waals surface area contributed by atoms with E-state index in [1.54, 1.807) is 0 Å². The second-order valence-corrected chi connectivity index (χ2v) is 7.99. The monoisotopic (exact) mass is 360 g/mol. The van der Waals surface area contributed by atoms with E-state index in [1.807, 2.05) is 0 Å². The molecule has 0 bridgehead atoms. The standard InChI is InChI=1S/C28H24/c1-17-13-14-18(2)26-23-11-7-8-12-24(23)28-20(4)16-15-19(3)27(28)22-10-6-5-9-21(22)25(17)26/h5-16H,1-4H3. The van der Waals surface area contributed by atoms with Crippen LogP contribution in [0.3, 0.4) is 0 Å². The highest BCUT2D eigenvalue weighted by atomic mass is 14.3. The molecule has 5 rings (SSSR count). The fourth-order valence-electron chi connectivity index (χ4n) is 4.85. The molecule has 0 amide bonds. The van der Waals surface area contributed by atoms with Gasteiger partial charge in [-0.15, -0.1) is 0 Å². The van der Waals surface area contributed by atoms with Gasteiger partial charge in [0.25, 0.3) is 0 Å². The lowest BCUT2D eigenvalue weighted by Gasteiger charge is -2.27. The Labute approximate surface area is 167 Å². The lowest BCUT2D eigenvalue weighted by Crippen LogP contribution is -2.02. The van der Waals surface area contributed by atoms with Gasteiger partial charge in [0, 0.05) is 0 Å². The summed E-state index contributed by atoms with van der Waals surface area (Å²) < 4.78 is 0. The van der Waals surface area contributed by atoms with E-state index in [9.17, 15) is 0 Å². The number of hydrogen-bond acceptors (Lipinski definition) is 0. The second kappa shape index (κ2) is 6.21. The van der Waals surface area contributed by atoms with Crippen molar-refractivity contribution in [3.63, 3.8) is 0 Å². The van der Waals surface area contributed by atoms with E-state index in [0.717, 1.165) is 0 Å². The van der Waals surface area contributed by atoms with Crippen molar-refractivity contribution in [2.24, 2.45) is 0 Å². The molecule has 0 saturated heterocycles. The molecule has 0 atom stereocenters. The molecule has 0 aliphatic heterocycles. The van der Waals surface area contributed by atoms with Gasteiger partial charge in [-0.05, 0) is 94.5 Å². The van der Waals surface area contributed by atoms with Gasteiger partial charge in [-0.3, -0.25) is 0 Å². The largest absolute Gasteiger partial charge is 0.0616 e. The average molecular weight is 361 g/mol. The molecule has 28 heavy (non-hydrogen) atoms. The van der Waals surface area contributed by atoms with Crippen LogP contribution in [0.15, 0.2) is 72.8 Å². The maximum Gasteiger partial charge on any atom is -0.00670 e.